The summed E-state index contributed by atoms with van der Waals surface area (Å²) in [5.41, 5.74) is -0.158. The van der Waals surface area contributed by atoms with Gasteiger partial charge >= 0.3 is 0 Å². The van der Waals surface area contributed by atoms with Crippen molar-refractivity contribution in [1.82, 2.24) is 0 Å². The lowest BCUT2D eigenvalue weighted by molar-refractivity contribution is 0.214. The number of hydrogen-bond donors (Lipinski definition) is 0. The van der Waals surface area contributed by atoms with Gasteiger partial charge in [0.05, 0.1) is 18.6 Å². The Hall–Kier alpha value is -1.59. The van der Waals surface area contributed by atoms with Crippen LogP contribution in [0.15, 0.2) is 15.0 Å². The zero-order chi connectivity index (χ0) is 22.0. The fraction of sp³-hybridized carbons (Fsp3) is 0.870. The molecule has 29 heavy (non-hydrogen) atoms. The summed E-state index contributed by atoms with van der Waals surface area (Å²) in [7, 11) is 0. The molecule has 0 aromatic rings. The van der Waals surface area contributed by atoms with E-state index in [-0.39, 0.29) is 28.3 Å². The maximum absolute atomic E-state index is 5.88. The largest absolute Gasteiger partial charge is 0.479 e. The summed E-state index contributed by atoms with van der Waals surface area (Å²) in [6.45, 7) is 24.4. The molecule has 3 aliphatic rings. The molecule has 0 amide bonds. The zero-order valence-corrected chi connectivity index (χ0v) is 20.1. The Balaban J connectivity index is 0.000000313. The molecule has 2 unspecified atom stereocenters. The highest BCUT2D eigenvalue weighted by Crippen LogP contribution is 2.35. The normalized spacial score (nSPS) is 24.7. The van der Waals surface area contributed by atoms with Crippen molar-refractivity contribution in [3.05, 3.63) is 0 Å². The second-order valence-corrected chi connectivity index (χ2v) is 11.1. The van der Waals surface area contributed by atoms with Crippen LogP contribution in [0.3, 0.4) is 0 Å². The highest BCUT2D eigenvalue weighted by atomic mass is 16.5. The lowest BCUT2D eigenvalue weighted by Crippen LogP contribution is -2.34. The quantitative estimate of drug-likeness (QED) is 0.677. The monoisotopic (exact) mass is 407 g/mol. The van der Waals surface area contributed by atoms with Crippen molar-refractivity contribution < 1.29 is 14.2 Å². The number of nitrogens with zero attached hydrogens (tertiary/aromatic N) is 3. The van der Waals surface area contributed by atoms with Gasteiger partial charge in [-0.3, -0.25) is 4.99 Å². The van der Waals surface area contributed by atoms with Gasteiger partial charge in [-0.2, -0.15) is 0 Å². The summed E-state index contributed by atoms with van der Waals surface area (Å²) in [5.74, 6) is 2.91. The van der Waals surface area contributed by atoms with Gasteiger partial charge < -0.3 is 14.2 Å². The van der Waals surface area contributed by atoms with Gasteiger partial charge in [0.25, 0.3) is 0 Å². The maximum atomic E-state index is 5.88. The van der Waals surface area contributed by atoms with Gasteiger partial charge in [-0.1, -0.05) is 55.4 Å². The van der Waals surface area contributed by atoms with Crippen LogP contribution in [-0.4, -0.2) is 56.1 Å². The molecular weight excluding hydrogens is 366 g/mol. The van der Waals surface area contributed by atoms with Crippen LogP contribution in [0.4, 0.5) is 0 Å². The topological polar surface area (TPSA) is 64.8 Å². The van der Waals surface area contributed by atoms with Gasteiger partial charge in [0.2, 0.25) is 0 Å². The summed E-state index contributed by atoms with van der Waals surface area (Å²) in [6, 6.07) is 0.402. The van der Waals surface area contributed by atoms with Crippen molar-refractivity contribution in [3.8, 4) is 0 Å². The van der Waals surface area contributed by atoms with Crippen LogP contribution in [0.25, 0.3) is 0 Å². The van der Waals surface area contributed by atoms with Gasteiger partial charge in [0, 0.05) is 5.92 Å². The van der Waals surface area contributed by atoms with Crippen LogP contribution in [0.2, 0.25) is 0 Å². The smallest absolute Gasteiger partial charge is 0.199 e. The van der Waals surface area contributed by atoms with Crippen molar-refractivity contribution in [3.63, 3.8) is 0 Å². The molecule has 0 spiro atoms. The average molecular weight is 408 g/mol. The first-order valence-electron chi connectivity index (χ1n) is 10.8. The van der Waals surface area contributed by atoms with E-state index < -0.39 is 0 Å². The Morgan fingerprint density at radius 2 is 1.21 bits per heavy atom. The van der Waals surface area contributed by atoms with Crippen LogP contribution < -0.4 is 0 Å². The molecule has 0 aromatic carbocycles. The predicted octanol–water partition coefficient (Wildman–Crippen LogP) is 4.77. The Kier molecular flexibility index (Phi) is 7.06. The Labute approximate surface area is 177 Å². The van der Waals surface area contributed by atoms with E-state index >= 15 is 0 Å². The van der Waals surface area contributed by atoms with E-state index in [1.165, 1.54) is 0 Å². The first-order valence-corrected chi connectivity index (χ1v) is 10.8. The summed E-state index contributed by atoms with van der Waals surface area (Å²) in [4.78, 5) is 13.7. The third kappa shape index (κ3) is 5.95. The lowest BCUT2D eigenvalue weighted by Gasteiger charge is -2.23. The van der Waals surface area contributed by atoms with Crippen molar-refractivity contribution in [2.75, 3.05) is 26.4 Å². The Bertz CT molecular complexity index is 622. The average Bonchev–Trinajstić information content (AvgIpc) is 3.33. The third-order valence-corrected chi connectivity index (χ3v) is 5.47. The van der Waals surface area contributed by atoms with Gasteiger partial charge in [-0.05, 0) is 24.7 Å². The highest BCUT2D eigenvalue weighted by Gasteiger charge is 2.44. The van der Waals surface area contributed by atoms with E-state index in [0.29, 0.717) is 19.1 Å². The van der Waals surface area contributed by atoms with Crippen LogP contribution in [0.5, 0.6) is 0 Å². The molecule has 6 heteroatoms. The molecule has 0 radical (unpaired) electrons. The van der Waals surface area contributed by atoms with Crippen molar-refractivity contribution in [2.45, 2.75) is 81.3 Å². The SMILES string of the molecule is CC(C)(C1=NC(C(C)(C)C)CO1)C1=NC(C(C)(C)C)CO1.CC(C)C1=NCCO1. The van der Waals surface area contributed by atoms with E-state index in [4.69, 9.17) is 24.2 Å². The van der Waals surface area contributed by atoms with Crippen molar-refractivity contribution >= 4 is 17.7 Å². The van der Waals surface area contributed by atoms with Gasteiger partial charge in [0.15, 0.2) is 17.7 Å². The van der Waals surface area contributed by atoms with Gasteiger partial charge in [-0.15, -0.1) is 0 Å². The molecule has 166 valence electrons. The first kappa shape index (κ1) is 23.7. The van der Waals surface area contributed by atoms with Crippen LogP contribution in [-0.2, 0) is 14.2 Å². The standard InChI is InChI=1S/C17H30N2O2.C6H11NO/c1-15(2,3)11-9-20-13(18-11)17(7,8)14-19-12(10-21-14)16(4,5)6;1-5(2)6-7-3-4-8-6/h11-12H,9-10H2,1-8H3;5H,3-4H2,1-2H3. The molecular formula is C23H41N3O3. The van der Waals surface area contributed by atoms with Gasteiger partial charge in [0.1, 0.15) is 25.2 Å². The molecule has 0 saturated carbocycles. The van der Waals surface area contributed by atoms with E-state index in [1.54, 1.807) is 0 Å². The summed E-state index contributed by atoms with van der Waals surface area (Å²) >= 11 is 0. The van der Waals surface area contributed by atoms with E-state index in [2.05, 4.69) is 74.2 Å². The van der Waals surface area contributed by atoms with E-state index in [0.717, 1.165) is 30.8 Å². The first-order chi connectivity index (χ1) is 13.2. The second-order valence-electron chi connectivity index (χ2n) is 11.1. The van der Waals surface area contributed by atoms with E-state index in [1.807, 2.05) is 0 Å². The summed E-state index contributed by atoms with van der Waals surface area (Å²) in [6.07, 6.45) is 0. The minimum Gasteiger partial charge on any atom is -0.479 e. The fourth-order valence-corrected chi connectivity index (χ4v) is 3.11. The third-order valence-electron chi connectivity index (χ3n) is 5.47. The molecule has 0 aromatic heterocycles. The molecule has 3 heterocycles. The fourth-order valence-electron chi connectivity index (χ4n) is 3.11. The lowest BCUT2D eigenvalue weighted by atomic mass is 9.87. The molecule has 0 saturated heterocycles. The molecule has 2 atom stereocenters. The molecule has 6 nitrogen and oxygen atoms in total. The Morgan fingerprint density at radius 1 is 0.759 bits per heavy atom. The molecule has 3 aliphatic heterocycles. The Morgan fingerprint density at radius 3 is 1.45 bits per heavy atom. The zero-order valence-electron chi connectivity index (χ0n) is 20.1. The second kappa shape index (κ2) is 8.65. The predicted molar refractivity (Wildman–Crippen MR) is 120 cm³/mol. The number of ether oxygens (including phenoxy) is 3. The molecule has 0 N–H and O–H groups in total. The van der Waals surface area contributed by atoms with Crippen LogP contribution in [0, 0.1) is 22.2 Å². The number of rotatable bonds is 3. The minimum atomic E-state index is -0.389. The van der Waals surface area contributed by atoms with Gasteiger partial charge in [-0.25, -0.2) is 9.98 Å². The minimum absolute atomic E-state index is 0.115. The van der Waals surface area contributed by atoms with Crippen LogP contribution >= 0.6 is 0 Å². The maximum Gasteiger partial charge on any atom is 0.199 e. The molecule has 3 rings (SSSR count). The van der Waals surface area contributed by atoms with Crippen LogP contribution in [0.1, 0.15) is 69.2 Å². The number of hydrogen-bond acceptors (Lipinski definition) is 6. The summed E-state index contributed by atoms with van der Waals surface area (Å²) < 4.78 is 16.9. The van der Waals surface area contributed by atoms with E-state index in [9.17, 15) is 0 Å². The molecule has 0 aliphatic carbocycles. The van der Waals surface area contributed by atoms with Crippen molar-refractivity contribution in [1.29, 1.82) is 0 Å². The highest BCUT2D eigenvalue weighted by molar-refractivity contribution is 6.05. The summed E-state index contributed by atoms with van der Waals surface area (Å²) in [5, 5.41) is 0. The molecule has 0 fully saturated rings. The number of aliphatic imine (C=N–C) groups is 3. The molecule has 0 bridgehead atoms. The van der Waals surface area contributed by atoms with Crippen molar-refractivity contribution in [2.24, 2.45) is 37.1 Å².